The van der Waals surface area contributed by atoms with Gasteiger partial charge in [0, 0.05) is 34.4 Å². The molecule has 5 heteroatoms. The van der Waals surface area contributed by atoms with E-state index in [9.17, 15) is 0 Å². The molecule has 0 saturated carbocycles. The molecular formula is C54H56GeIrN2O-2. The van der Waals surface area contributed by atoms with Gasteiger partial charge >= 0.3 is 209 Å². The fourth-order valence-electron chi connectivity index (χ4n) is 7.71. The normalized spacial score (nSPS) is 12.9. The van der Waals surface area contributed by atoms with E-state index in [1.165, 1.54) is 26.6 Å². The number of pyridine rings is 2. The molecular weight excluding hydrogens is 957 g/mol. The second-order valence-corrected chi connectivity index (χ2v) is 28.9. The fraction of sp³-hybridized carbons (Fsp3) is 0.259. The summed E-state index contributed by atoms with van der Waals surface area (Å²) >= 11 is -2.16. The molecule has 0 aliphatic rings. The molecule has 0 aliphatic carbocycles. The summed E-state index contributed by atoms with van der Waals surface area (Å²) in [6.07, 6.45) is 2.34. The van der Waals surface area contributed by atoms with E-state index >= 15 is 0 Å². The summed E-state index contributed by atoms with van der Waals surface area (Å²) in [4.78, 5) is 9.46. The average Bonchev–Trinajstić information content (AvgIpc) is 3.63. The van der Waals surface area contributed by atoms with Crippen LogP contribution in [0.1, 0.15) is 79.0 Å². The minimum absolute atomic E-state index is 0. The Bertz CT molecular complexity index is 2770. The van der Waals surface area contributed by atoms with Gasteiger partial charge in [0.2, 0.25) is 0 Å². The van der Waals surface area contributed by atoms with E-state index in [2.05, 4.69) is 153 Å². The largest absolute Gasteiger partial charge is 0.501 e. The van der Waals surface area contributed by atoms with Crippen LogP contribution in [0.5, 0.6) is 0 Å². The van der Waals surface area contributed by atoms with Gasteiger partial charge in [-0.15, -0.1) is 18.2 Å². The fourth-order valence-corrected chi connectivity index (χ4v) is 11.2. The van der Waals surface area contributed by atoms with Gasteiger partial charge in [-0.25, -0.2) is 0 Å². The zero-order valence-corrected chi connectivity index (χ0v) is 40.5. The third kappa shape index (κ3) is 9.73. The van der Waals surface area contributed by atoms with Crippen molar-refractivity contribution in [2.24, 2.45) is 5.41 Å². The zero-order valence-electron chi connectivity index (χ0n) is 38.0. The molecule has 3 nitrogen and oxygen atoms in total. The predicted octanol–water partition coefficient (Wildman–Crippen LogP) is 13.8. The molecule has 0 N–H and O–H groups in total. The van der Waals surface area contributed by atoms with Crippen LogP contribution in [-0.4, -0.2) is 23.2 Å². The molecule has 59 heavy (non-hydrogen) atoms. The number of para-hydroxylation sites is 1. The van der Waals surface area contributed by atoms with E-state index < -0.39 is 25.1 Å². The first-order valence-electron chi connectivity index (χ1n) is 21.2. The molecule has 0 saturated heterocycles. The van der Waals surface area contributed by atoms with Gasteiger partial charge in [0.25, 0.3) is 0 Å². The van der Waals surface area contributed by atoms with Crippen molar-refractivity contribution in [1.82, 2.24) is 9.97 Å². The quantitative estimate of drug-likeness (QED) is 0.112. The van der Waals surface area contributed by atoms with Crippen LogP contribution in [0.2, 0.25) is 17.3 Å². The van der Waals surface area contributed by atoms with Gasteiger partial charge in [-0.2, -0.15) is 0 Å². The zero-order chi connectivity index (χ0) is 43.1. The molecule has 3 heterocycles. The van der Waals surface area contributed by atoms with Crippen LogP contribution in [0.3, 0.4) is 0 Å². The molecule has 0 aliphatic heterocycles. The molecule has 5 aromatic carbocycles. The van der Waals surface area contributed by atoms with Gasteiger partial charge in [0.15, 0.2) is 0 Å². The molecule has 0 atom stereocenters. The second kappa shape index (κ2) is 17.5. The molecule has 303 valence electrons. The van der Waals surface area contributed by atoms with E-state index in [0.29, 0.717) is 11.3 Å². The summed E-state index contributed by atoms with van der Waals surface area (Å²) in [5, 5.41) is 2.07. The molecule has 0 unspecified atom stereocenters. The minimum Gasteiger partial charge on any atom is -0.501 e. The monoisotopic (exact) mass is 1020 g/mol. The van der Waals surface area contributed by atoms with Crippen LogP contribution >= 0.6 is 0 Å². The van der Waals surface area contributed by atoms with Crippen molar-refractivity contribution in [3.8, 4) is 22.5 Å². The molecule has 0 bridgehead atoms. The number of hydrogen-bond donors (Lipinski definition) is 0. The van der Waals surface area contributed by atoms with E-state index in [4.69, 9.17) is 12.1 Å². The number of benzene rings is 5. The number of fused-ring (bicyclic) bond motifs is 3. The van der Waals surface area contributed by atoms with Gasteiger partial charge in [-0.1, -0.05) is 61.5 Å². The Morgan fingerprint density at radius 1 is 0.627 bits per heavy atom. The van der Waals surface area contributed by atoms with E-state index in [0.717, 1.165) is 38.8 Å². The first kappa shape index (κ1) is 41.1. The molecule has 8 rings (SSSR count). The van der Waals surface area contributed by atoms with Crippen molar-refractivity contribution < 1.29 is 27.3 Å². The van der Waals surface area contributed by atoms with Crippen LogP contribution in [0, 0.1) is 17.5 Å². The summed E-state index contributed by atoms with van der Waals surface area (Å²) in [6.45, 7) is 15.0. The van der Waals surface area contributed by atoms with Gasteiger partial charge in [-0.05, 0) is 29.6 Å². The molecule has 0 fully saturated rings. The minimum atomic E-state index is -2.16. The van der Waals surface area contributed by atoms with Gasteiger partial charge in [-0.3, -0.25) is 0 Å². The van der Waals surface area contributed by atoms with E-state index in [1.54, 1.807) is 12.3 Å². The van der Waals surface area contributed by atoms with E-state index in [1.807, 2.05) is 63.2 Å². The summed E-state index contributed by atoms with van der Waals surface area (Å²) in [7, 11) is 0. The number of rotatable bonds is 8. The maximum atomic E-state index is 8.53. The summed E-state index contributed by atoms with van der Waals surface area (Å²) in [6, 6.07) is 52.5. The second-order valence-electron chi connectivity index (χ2n) is 18.3. The molecule has 3 aromatic heterocycles. The van der Waals surface area contributed by atoms with Crippen molar-refractivity contribution in [2.45, 2.75) is 82.9 Å². The summed E-state index contributed by atoms with van der Waals surface area (Å²) < 4.78 is 24.6. The molecule has 8 aromatic rings. The van der Waals surface area contributed by atoms with Crippen molar-refractivity contribution in [3.63, 3.8) is 0 Å². The van der Waals surface area contributed by atoms with Crippen molar-refractivity contribution in [1.29, 1.82) is 0 Å². The molecule has 0 spiro atoms. The Hall–Kier alpha value is -4.61. The van der Waals surface area contributed by atoms with Crippen LogP contribution in [0.25, 0.3) is 44.5 Å². The standard InChI is InChI=1S/C32H36GeN.C22H20NO.Ir/c1-31(2,25-16-10-8-11-17-25)27-20-14-15-24(21-27)30-22-28(29(23-34-30)33(5,6)7)32(3,4)26-18-12-9-13-19-26;1-22(2,3)14-15-11-12-23-19(13-15)18-9-6-8-17-16-7-4-5-10-20(16)24-21(17)18;/h8-14,16-23H,1-7H3;4-8,10-13H,14H2,1-3H3;/q2*-1;/i;14D2;. The van der Waals surface area contributed by atoms with Crippen molar-refractivity contribution in [3.05, 3.63) is 186 Å². The third-order valence-corrected chi connectivity index (χ3v) is 15.3. The molecule has 0 amide bonds. The van der Waals surface area contributed by atoms with Gasteiger partial charge in [0.1, 0.15) is 5.58 Å². The topological polar surface area (TPSA) is 38.9 Å². The summed E-state index contributed by atoms with van der Waals surface area (Å²) in [5.74, 6) is 7.36. The van der Waals surface area contributed by atoms with Crippen molar-refractivity contribution in [2.75, 3.05) is 0 Å². The maximum Gasteiger partial charge on any atom is 0.120 e. The van der Waals surface area contributed by atoms with Crippen molar-refractivity contribution >= 4 is 39.6 Å². The summed E-state index contributed by atoms with van der Waals surface area (Å²) in [5.41, 5.74) is 10.2. The first-order valence-corrected chi connectivity index (χ1v) is 27.6. The van der Waals surface area contributed by atoms with Crippen LogP contribution in [-0.2, 0) is 37.3 Å². The van der Waals surface area contributed by atoms with Crippen LogP contribution < -0.4 is 4.40 Å². The third-order valence-electron chi connectivity index (χ3n) is 11.0. The predicted molar refractivity (Wildman–Crippen MR) is 248 cm³/mol. The average molecular weight is 1020 g/mol. The Labute approximate surface area is 371 Å². The number of nitrogens with zero attached hydrogens (tertiary/aromatic N) is 2. The number of aromatic nitrogens is 2. The van der Waals surface area contributed by atoms with E-state index in [-0.39, 0.29) is 30.9 Å². The Morgan fingerprint density at radius 2 is 1.25 bits per heavy atom. The van der Waals surface area contributed by atoms with Crippen LogP contribution in [0.15, 0.2) is 150 Å². The Balaban J connectivity index is 0.000000207. The SMILES string of the molecule is CC(C)(c1ccccc1)c1cc[c-]c(-c2cc(C(C)(C)c3ccccc3)[c]([Ge]([CH3])([CH3])[CH3])cn2)c1.[2H]C([2H])(c1ccnc(-c2[c-]ccc3c2oc2ccccc23)c1)C(C)(C)C.[Ir]. The Kier molecular flexibility index (Phi) is 12.2. The number of furan rings is 1. The Morgan fingerprint density at radius 3 is 1.92 bits per heavy atom. The van der Waals surface area contributed by atoms with Gasteiger partial charge < -0.3 is 9.40 Å². The first-order chi connectivity index (χ1) is 28.3. The molecule has 1 radical (unpaired) electrons. The van der Waals surface area contributed by atoms with Gasteiger partial charge in [0.05, 0.1) is 5.58 Å². The smallest absolute Gasteiger partial charge is 0.120 e. The number of hydrogen-bond acceptors (Lipinski definition) is 3. The maximum absolute atomic E-state index is 8.53. The van der Waals surface area contributed by atoms with Crippen LogP contribution in [0.4, 0.5) is 0 Å².